The fourth-order valence-corrected chi connectivity index (χ4v) is 0. The van der Waals surface area contributed by atoms with E-state index in [1.165, 1.54) is 0 Å². The van der Waals surface area contributed by atoms with Gasteiger partial charge in [0.2, 0.25) is 0 Å². The molecule has 0 aromatic carbocycles. The van der Waals surface area contributed by atoms with Crippen molar-refractivity contribution in [1.29, 1.82) is 0 Å². The molecule has 0 spiro atoms. The number of rotatable bonds is 0. The Hall–Kier alpha value is 2.20. The molecule has 0 aromatic rings. The molecule has 0 aliphatic carbocycles. The minimum absolute atomic E-state index is 0.00917. The Balaban J connectivity index is 2.32. The van der Waals surface area contributed by atoms with Crippen molar-refractivity contribution in [3.8, 4) is 0 Å². The third-order valence-corrected chi connectivity index (χ3v) is 0. The quantitative estimate of drug-likeness (QED) is 0.592. The van der Waals surface area contributed by atoms with Gasteiger partial charge in [-0.25, -0.2) is 0 Å². The molecule has 0 N–H and O–H groups in total. The van der Waals surface area contributed by atoms with Crippen LogP contribution in [0, 0.1) is 0 Å². The second kappa shape index (κ2) is 3.39. The van der Waals surface area contributed by atoms with Gasteiger partial charge in [-0.2, -0.15) is 0 Å². The van der Waals surface area contributed by atoms with Gasteiger partial charge in [-0.05, 0) is 0 Å². The summed E-state index contributed by atoms with van der Waals surface area (Å²) in [6.45, 7) is -0.00917. The minimum atomic E-state index is -0.00917. The Bertz CT molecular complexity index is 10.8. The topological polar surface area (TPSA) is 0 Å². The van der Waals surface area contributed by atoms with E-state index in [0.29, 0.717) is 0 Å². The number of hydrogen-bond acceptors (Lipinski definition) is 0. The monoisotopic (exact) mass is 344 g/mol. The molecular weight excluding hydrogens is 346 g/mol. The molecule has 0 rings (SSSR count). The van der Waals surface area contributed by atoms with Crippen LogP contribution in [0.1, 0.15) is 0 Å². The van der Waals surface area contributed by atoms with E-state index in [0.717, 1.165) is 0 Å². The molecule has 0 aliphatic heterocycles. The van der Waals surface area contributed by atoms with Gasteiger partial charge in [0.15, 0.2) is 0 Å². The van der Waals surface area contributed by atoms with Gasteiger partial charge in [-0.3, -0.25) is 0 Å². The summed E-state index contributed by atoms with van der Waals surface area (Å²) in [5.41, 5.74) is 0. The fourth-order valence-electron chi connectivity index (χ4n) is 0. The average Bonchev–Trinajstić information content (AvgIpc) is 0.811. The Labute approximate surface area is 54.8 Å². The Kier molecular flexibility index (Phi) is 5.25. The van der Waals surface area contributed by atoms with E-state index < -0.39 is 0 Å². The summed E-state index contributed by atoms with van der Waals surface area (Å²) < 4.78 is 0. The summed E-state index contributed by atoms with van der Waals surface area (Å²) >= 11 is 8.71. The van der Waals surface area contributed by atoms with Crippen LogP contribution in [0.5, 0.6) is 0 Å². The first-order chi connectivity index (χ1) is 1.73. The summed E-state index contributed by atoms with van der Waals surface area (Å²) in [7, 11) is 0. The van der Waals surface area contributed by atoms with Crippen LogP contribution in [-0.2, 0) is 6.86 Å². The van der Waals surface area contributed by atoms with Crippen molar-refractivity contribution in [2.75, 3.05) is 0 Å². The molecule has 0 unspecified atom stereocenters. The van der Waals surface area contributed by atoms with E-state index in [1.807, 2.05) is 0 Å². The zero-order valence-electron chi connectivity index (χ0n) is 1.47. The predicted molar refractivity (Wildman–Crippen MR) is 31.9 cm³/mol. The van der Waals surface area contributed by atoms with Crippen LogP contribution in [-0.4, -0.2) is 0 Å². The molecule has 0 aromatic heterocycles. The van der Waals surface area contributed by atoms with E-state index in [4.69, 9.17) is 0 Å². The molecule has 4 heavy (non-hydrogen) atoms. The maximum absolute atomic E-state index is 3.24. The van der Waals surface area contributed by atoms with Crippen LogP contribution < -0.4 is 0 Å². The maximum atomic E-state index is 3.24. The average molecular weight is 346 g/mol. The van der Waals surface area contributed by atoms with Gasteiger partial charge in [0.05, 0.1) is 0 Å². The van der Waals surface area contributed by atoms with E-state index in [2.05, 4.69) is 48.8 Å². The van der Waals surface area contributed by atoms with E-state index in [-0.39, 0.29) is 6.86 Å². The van der Waals surface area contributed by atoms with Crippen LogP contribution in [0.15, 0.2) is 0 Å². The van der Waals surface area contributed by atoms with Gasteiger partial charge in [-0.15, -0.1) is 0 Å². The van der Waals surface area contributed by atoms with Crippen LogP contribution >= 0.6 is 48.8 Å². The Morgan fingerprint density at radius 1 is 1.50 bits per heavy atom. The molecule has 0 bridgehead atoms. The molecule has 0 heterocycles. The second-order valence-electron chi connectivity index (χ2n) is 0.143. The van der Waals surface area contributed by atoms with E-state index in [9.17, 15) is 0 Å². The standard InChI is InChI=1S/2BrH.Co.HI/h2*1H;;1H/q;;+3;/p-3. The third kappa shape index (κ3) is 8.89. The van der Waals surface area contributed by atoms with Gasteiger partial charge in [0.1, 0.15) is 0 Å². The first kappa shape index (κ1) is 6.20. The molecule has 0 saturated heterocycles. The summed E-state index contributed by atoms with van der Waals surface area (Å²) in [5.74, 6) is 0. The summed E-state index contributed by atoms with van der Waals surface area (Å²) in [6.07, 6.45) is 0. The van der Waals surface area contributed by atoms with Crippen molar-refractivity contribution >= 4 is 48.8 Å². The summed E-state index contributed by atoms with van der Waals surface area (Å²) in [6, 6.07) is 0. The van der Waals surface area contributed by atoms with Crippen molar-refractivity contribution in [3.63, 3.8) is 0 Å². The third-order valence-electron chi connectivity index (χ3n) is 0. The first-order valence-corrected chi connectivity index (χ1v) is 8.88. The number of hydrogen-bond donors (Lipinski definition) is 0. The van der Waals surface area contributed by atoms with Crippen molar-refractivity contribution in [3.05, 3.63) is 0 Å². The van der Waals surface area contributed by atoms with Crippen LogP contribution in [0.25, 0.3) is 0 Å². The van der Waals surface area contributed by atoms with Gasteiger partial charge < -0.3 is 0 Å². The van der Waals surface area contributed by atoms with Crippen molar-refractivity contribution in [1.82, 2.24) is 0 Å². The van der Waals surface area contributed by atoms with Crippen molar-refractivity contribution < 1.29 is 6.86 Å². The molecule has 0 radical (unpaired) electrons. The molecule has 0 aliphatic rings. The molecule has 0 atom stereocenters. The second-order valence-corrected chi connectivity index (χ2v) is 19.0. The fraction of sp³-hybridized carbons (Fsp3) is 0. The molecule has 0 amide bonds. The Morgan fingerprint density at radius 2 is 1.50 bits per heavy atom. The normalized spacial score (nSPS) is 11.2. The van der Waals surface area contributed by atoms with Crippen LogP contribution in [0.2, 0.25) is 0 Å². The molecule has 0 saturated carbocycles. The first-order valence-electron chi connectivity index (χ1n) is 0.378. The molecule has 0 fully saturated rings. The van der Waals surface area contributed by atoms with E-state index in [1.54, 1.807) is 0 Å². The van der Waals surface area contributed by atoms with Gasteiger partial charge >= 0.3 is 55.6 Å². The zero-order chi connectivity index (χ0) is 3.58. The molecule has 30 valence electrons. The molecular formula is Br2CoI. The Morgan fingerprint density at radius 3 is 1.50 bits per heavy atom. The summed E-state index contributed by atoms with van der Waals surface area (Å²) in [4.78, 5) is 0. The SMILES string of the molecule is [Br][Co]([Br])[I]. The number of halogens is 3. The van der Waals surface area contributed by atoms with Crippen molar-refractivity contribution in [2.24, 2.45) is 0 Å². The zero-order valence-corrected chi connectivity index (χ0v) is 7.84. The van der Waals surface area contributed by atoms with Gasteiger partial charge in [-0.1, -0.05) is 0 Å². The predicted octanol–water partition coefficient (Wildman–Crippen LogP) is 2.57. The van der Waals surface area contributed by atoms with Crippen LogP contribution in [0.3, 0.4) is 0 Å². The van der Waals surface area contributed by atoms with Crippen molar-refractivity contribution in [2.45, 2.75) is 0 Å². The molecule has 4 heteroatoms. The molecule has 0 nitrogen and oxygen atoms in total. The summed E-state index contributed by atoms with van der Waals surface area (Å²) in [5, 5.41) is 0. The van der Waals surface area contributed by atoms with Gasteiger partial charge in [0, 0.05) is 0 Å². The van der Waals surface area contributed by atoms with Crippen LogP contribution in [0.4, 0.5) is 0 Å². The van der Waals surface area contributed by atoms with Gasteiger partial charge in [0.25, 0.3) is 0 Å². The van der Waals surface area contributed by atoms with E-state index >= 15 is 0 Å².